The monoisotopic (exact) mass is 483 g/mol. The molecule has 0 radical (unpaired) electrons. The Bertz CT molecular complexity index is 1210. The summed E-state index contributed by atoms with van der Waals surface area (Å²) >= 11 is 1.60. The average Bonchev–Trinajstić information content (AvgIpc) is 3.34. The first-order chi connectivity index (χ1) is 16.4. The lowest BCUT2D eigenvalue weighted by Gasteiger charge is -2.31. The van der Waals surface area contributed by atoms with E-state index in [0.717, 1.165) is 34.4 Å². The van der Waals surface area contributed by atoms with Crippen molar-refractivity contribution in [2.75, 3.05) is 26.9 Å². The molecular weight excluding hydrogens is 454 g/mol. The summed E-state index contributed by atoms with van der Waals surface area (Å²) in [5.74, 6) is -0.465. The van der Waals surface area contributed by atoms with Crippen LogP contribution in [0.4, 0.5) is 0 Å². The summed E-state index contributed by atoms with van der Waals surface area (Å²) in [5, 5.41) is 13.5. The van der Waals surface area contributed by atoms with E-state index in [1.807, 2.05) is 29.9 Å². The zero-order valence-corrected chi connectivity index (χ0v) is 20.4. The van der Waals surface area contributed by atoms with Gasteiger partial charge >= 0.3 is 5.97 Å². The Kier molecular flexibility index (Phi) is 7.50. The number of thiophene rings is 1. The molecule has 0 aliphatic carbocycles. The molecule has 1 aromatic carbocycles. The molecule has 7 nitrogen and oxygen atoms in total. The molecular formula is C26H29NO6S. The highest BCUT2D eigenvalue weighted by Crippen LogP contribution is 2.43. The molecule has 0 amide bonds. The Hall–Kier alpha value is -2.94. The number of ether oxygens (including phenoxy) is 3. The number of hydrogen-bond acceptors (Lipinski definition) is 6. The van der Waals surface area contributed by atoms with Crippen molar-refractivity contribution in [3.8, 4) is 28.1 Å². The zero-order valence-electron chi connectivity index (χ0n) is 19.6. The van der Waals surface area contributed by atoms with Gasteiger partial charge in [0.15, 0.2) is 5.43 Å². The van der Waals surface area contributed by atoms with Crippen LogP contribution in [0.5, 0.6) is 5.75 Å². The van der Waals surface area contributed by atoms with Gasteiger partial charge in [-0.2, -0.15) is 11.3 Å². The molecule has 1 aliphatic heterocycles. The number of fused-ring (bicyclic) bond motifs is 3. The van der Waals surface area contributed by atoms with Crippen LogP contribution in [0, 0.1) is 0 Å². The van der Waals surface area contributed by atoms with E-state index in [1.54, 1.807) is 18.4 Å². The number of pyridine rings is 1. The maximum Gasteiger partial charge on any atom is 0.341 e. The topological polar surface area (TPSA) is 87.0 Å². The molecule has 34 heavy (non-hydrogen) atoms. The summed E-state index contributed by atoms with van der Waals surface area (Å²) in [6.45, 7) is 6.10. The highest BCUT2D eigenvalue weighted by Gasteiger charge is 2.28. The first-order valence-electron chi connectivity index (χ1n) is 11.3. The van der Waals surface area contributed by atoms with Crippen LogP contribution in [0.2, 0.25) is 0 Å². The van der Waals surface area contributed by atoms with Crippen molar-refractivity contribution in [2.24, 2.45) is 0 Å². The van der Waals surface area contributed by atoms with Crippen LogP contribution in [0.25, 0.3) is 22.4 Å². The molecule has 0 saturated heterocycles. The molecule has 0 bridgehead atoms. The van der Waals surface area contributed by atoms with Gasteiger partial charge in [-0.15, -0.1) is 0 Å². The van der Waals surface area contributed by atoms with E-state index in [4.69, 9.17) is 14.2 Å². The predicted molar refractivity (Wildman–Crippen MR) is 132 cm³/mol. The summed E-state index contributed by atoms with van der Waals surface area (Å²) in [6.07, 6.45) is 2.28. The number of rotatable bonds is 10. The van der Waals surface area contributed by atoms with Gasteiger partial charge in [-0.05, 0) is 53.9 Å². The summed E-state index contributed by atoms with van der Waals surface area (Å²) in [5.41, 5.74) is 3.86. The van der Waals surface area contributed by atoms with Crippen LogP contribution in [0.15, 0.2) is 46.0 Å². The van der Waals surface area contributed by atoms with Gasteiger partial charge in [-0.3, -0.25) is 4.79 Å². The van der Waals surface area contributed by atoms with Crippen molar-refractivity contribution in [2.45, 2.75) is 38.8 Å². The first-order valence-corrected chi connectivity index (χ1v) is 12.2. The van der Waals surface area contributed by atoms with E-state index >= 15 is 0 Å². The number of nitrogens with zero attached hydrogens (tertiary/aromatic N) is 1. The molecule has 1 aliphatic rings. The lowest BCUT2D eigenvalue weighted by Crippen LogP contribution is -2.27. The quantitative estimate of drug-likeness (QED) is 0.414. The molecule has 4 rings (SSSR count). The molecule has 0 saturated carbocycles. The lowest BCUT2D eigenvalue weighted by molar-refractivity contribution is 0.0636. The zero-order chi connectivity index (χ0) is 24.2. The smallest absolute Gasteiger partial charge is 0.341 e. The highest BCUT2D eigenvalue weighted by atomic mass is 32.1. The van der Waals surface area contributed by atoms with Crippen LogP contribution >= 0.6 is 11.3 Å². The molecule has 1 N–H and O–H groups in total. The fourth-order valence-corrected chi connectivity index (χ4v) is 4.86. The van der Waals surface area contributed by atoms with Crippen LogP contribution in [-0.4, -0.2) is 48.7 Å². The van der Waals surface area contributed by atoms with Crippen molar-refractivity contribution in [3.05, 3.63) is 62.6 Å². The average molecular weight is 484 g/mol. The van der Waals surface area contributed by atoms with Crippen molar-refractivity contribution in [1.29, 1.82) is 0 Å². The number of aromatic nitrogens is 1. The van der Waals surface area contributed by atoms with Gasteiger partial charge in [0.05, 0.1) is 25.0 Å². The summed E-state index contributed by atoms with van der Waals surface area (Å²) in [7, 11) is 1.67. The van der Waals surface area contributed by atoms with Crippen molar-refractivity contribution in [3.63, 3.8) is 0 Å². The van der Waals surface area contributed by atoms with Crippen LogP contribution in [0.1, 0.15) is 42.1 Å². The van der Waals surface area contributed by atoms with Gasteiger partial charge < -0.3 is 23.9 Å². The molecule has 0 fully saturated rings. The molecule has 0 spiro atoms. The van der Waals surface area contributed by atoms with Crippen LogP contribution in [-0.2, 0) is 16.0 Å². The number of carboxylic acid groups (broad SMARTS) is 1. The molecule has 2 aromatic heterocycles. The van der Waals surface area contributed by atoms with Crippen molar-refractivity contribution >= 4 is 17.3 Å². The van der Waals surface area contributed by atoms with Crippen molar-refractivity contribution < 1.29 is 24.1 Å². The second-order valence-corrected chi connectivity index (χ2v) is 9.40. The lowest BCUT2D eigenvalue weighted by atomic mass is 9.86. The number of aromatic carboxylic acids is 1. The number of benzene rings is 1. The minimum Gasteiger partial charge on any atom is -0.493 e. The second kappa shape index (κ2) is 10.5. The minimum atomic E-state index is -1.22. The highest BCUT2D eigenvalue weighted by molar-refractivity contribution is 7.08. The van der Waals surface area contributed by atoms with E-state index in [1.165, 1.54) is 12.3 Å². The SMILES string of the molecule is COCCCOc1cc2c(cc1-c1ccsc1)-c1cc(=O)c(C(=O)O)cn1C[C@@H]2COC(C)C. The van der Waals surface area contributed by atoms with Crippen LogP contribution < -0.4 is 10.2 Å². The Balaban J connectivity index is 1.86. The van der Waals surface area contributed by atoms with Crippen molar-refractivity contribution in [1.82, 2.24) is 4.57 Å². The third-order valence-corrected chi connectivity index (χ3v) is 6.54. The number of methoxy groups -OCH3 is 1. The largest absolute Gasteiger partial charge is 0.493 e. The molecule has 0 unspecified atom stereocenters. The Morgan fingerprint density at radius 1 is 1.24 bits per heavy atom. The number of carboxylic acids is 1. The van der Waals surface area contributed by atoms with Gasteiger partial charge in [0, 0.05) is 56.0 Å². The summed E-state index contributed by atoms with van der Waals surface area (Å²) in [4.78, 5) is 24.2. The Morgan fingerprint density at radius 3 is 2.74 bits per heavy atom. The second-order valence-electron chi connectivity index (χ2n) is 8.62. The van der Waals surface area contributed by atoms with Gasteiger partial charge in [0.2, 0.25) is 0 Å². The van der Waals surface area contributed by atoms with Gasteiger partial charge in [-0.1, -0.05) is 0 Å². The van der Waals surface area contributed by atoms with E-state index in [2.05, 4.69) is 17.5 Å². The molecule has 8 heteroatoms. The number of hydrogen-bond donors (Lipinski definition) is 1. The standard InChI is InChI=1S/C26H29NO6S/c1-16(2)33-14-18-12-27-13-22(26(29)30)24(28)11-23(27)21-9-20(17-5-8-34-15-17)25(10-19(18)21)32-7-4-6-31-3/h5,8-11,13,15-16,18H,4,6-7,12,14H2,1-3H3,(H,29,30)/t18-/m1/s1. The van der Waals surface area contributed by atoms with E-state index in [-0.39, 0.29) is 17.6 Å². The Labute approximate surface area is 202 Å². The fraction of sp³-hybridized carbons (Fsp3) is 0.385. The maximum atomic E-state index is 12.6. The Morgan fingerprint density at radius 2 is 2.06 bits per heavy atom. The first kappa shape index (κ1) is 24.2. The normalized spacial score (nSPS) is 14.6. The molecule has 1 atom stereocenters. The molecule has 3 heterocycles. The van der Waals surface area contributed by atoms with Gasteiger partial charge in [-0.25, -0.2) is 4.79 Å². The summed E-state index contributed by atoms with van der Waals surface area (Å²) < 4.78 is 19.2. The van der Waals surface area contributed by atoms with E-state index in [0.29, 0.717) is 32.1 Å². The van der Waals surface area contributed by atoms with Gasteiger partial charge in [0.25, 0.3) is 0 Å². The number of carbonyl (C=O) groups is 1. The molecule has 3 aromatic rings. The van der Waals surface area contributed by atoms with E-state index < -0.39 is 11.4 Å². The minimum absolute atomic E-state index is 0.0214. The van der Waals surface area contributed by atoms with Gasteiger partial charge in [0.1, 0.15) is 11.3 Å². The van der Waals surface area contributed by atoms with Crippen LogP contribution in [0.3, 0.4) is 0 Å². The fourth-order valence-electron chi connectivity index (χ4n) is 4.21. The third kappa shape index (κ3) is 5.09. The third-order valence-electron chi connectivity index (χ3n) is 5.86. The molecule has 180 valence electrons. The maximum absolute atomic E-state index is 12.6. The van der Waals surface area contributed by atoms with E-state index in [9.17, 15) is 14.7 Å². The summed E-state index contributed by atoms with van der Waals surface area (Å²) in [6, 6.07) is 7.58. The predicted octanol–water partition coefficient (Wildman–Crippen LogP) is 4.88.